The summed E-state index contributed by atoms with van der Waals surface area (Å²) in [5.41, 5.74) is 2.45. The third-order valence-corrected chi connectivity index (χ3v) is 6.83. The molecule has 0 N–H and O–H groups in total. The average molecular weight is 361 g/mol. The second kappa shape index (κ2) is 7.30. The Balaban J connectivity index is 1.71. The van der Waals surface area contributed by atoms with Crippen molar-refractivity contribution in [2.24, 2.45) is 0 Å². The molecule has 1 saturated heterocycles. The van der Waals surface area contributed by atoms with E-state index in [4.69, 9.17) is 21.1 Å². The Hall–Kier alpha value is -1.29. The van der Waals surface area contributed by atoms with Crippen molar-refractivity contribution in [2.75, 3.05) is 13.2 Å². The first kappa shape index (κ1) is 17.5. The van der Waals surface area contributed by atoms with Crippen LogP contribution in [0.15, 0.2) is 42.5 Å². The van der Waals surface area contributed by atoms with E-state index in [-0.39, 0.29) is 6.10 Å². The molecule has 2 nitrogen and oxygen atoms in total. The molecule has 0 radical (unpaired) electrons. The lowest BCUT2D eigenvalue weighted by atomic mass is 10.0. The van der Waals surface area contributed by atoms with Crippen molar-refractivity contribution >= 4 is 24.9 Å². The van der Waals surface area contributed by atoms with Gasteiger partial charge < -0.3 is 9.47 Å². The molecule has 0 aromatic heterocycles. The Bertz CT molecular complexity index is 686. The monoisotopic (exact) mass is 360 g/mol. The summed E-state index contributed by atoms with van der Waals surface area (Å²) in [5.74, 6) is 0.913. The third kappa shape index (κ3) is 4.41. The van der Waals surface area contributed by atoms with Gasteiger partial charge in [0, 0.05) is 11.4 Å². The van der Waals surface area contributed by atoms with Gasteiger partial charge in [-0.05, 0) is 35.7 Å². The predicted molar refractivity (Wildman–Crippen MR) is 104 cm³/mol. The van der Waals surface area contributed by atoms with Crippen molar-refractivity contribution in [1.29, 1.82) is 0 Å². The Morgan fingerprint density at radius 3 is 2.50 bits per heavy atom. The van der Waals surface area contributed by atoms with E-state index in [1.807, 2.05) is 18.2 Å². The number of ether oxygens (including phenoxy) is 2. The zero-order valence-corrected chi connectivity index (χ0v) is 16.4. The maximum atomic E-state index is 6.42. The Kier molecular flexibility index (Phi) is 5.33. The molecule has 0 amide bonds. The Labute approximate surface area is 150 Å². The van der Waals surface area contributed by atoms with E-state index >= 15 is 0 Å². The predicted octanol–water partition coefficient (Wildman–Crippen LogP) is 4.64. The molecular formula is C20H25ClO2Si. The molecule has 1 aliphatic heterocycles. The van der Waals surface area contributed by atoms with Gasteiger partial charge in [-0.1, -0.05) is 60.7 Å². The van der Waals surface area contributed by atoms with Crippen LogP contribution < -0.4 is 9.92 Å². The van der Waals surface area contributed by atoms with Crippen LogP contribution in [0.1, 0.15) is 17.5 Å². The molecule has 1 heterocycles. The molecule has 128 valence electrons. The zero-order valence-electron chi connectivity index (χ0n) is 14.6. The molecule has 0 bridgehead atoms. The summed E-state index contributed by atoms with van der Waals surface area (Å²) in [4.78, 5) is 0. The molecule has 2 aromatic carbocycles. The quantitative estimate of drug-likeness (QED) is 0.723. The maximum Gasteiger partial charge on any atom is 0.124 e. The summed E-state index contributed by atoms with van der Waals surface area (Å²) in [6, 6.07) is 14.9. The fraction of sp³-hybridized carbons (Fsp3) is 0.400. The van der Waals surface area contributed by atoms with Crippen LogP contribution in [-0.4, -0.2) is 27.4 Å². The van der Waals surface area contributed by atoms with E-state index in [9.17, 15) is 0 Å². The summed E-state index contributed by atoms with van der Waals surface area (Å²) in [5, 5.41) is 2.29. The van der Waals surface area contributed by atoms with Gasteiger partial charge in [0.05, 0.1) is 21.3 Å². The summed E-state index contributed by atoms with van der Waals surface area (Å²) in [7, 11) is -1.33. The highest BCUT2D eigenvalue weighted by Gasteiger charge is 2.18. The van der Waals surface area contributed by atoms with Gasteiger partial charge >= 0.3 is 0 Å². The van der Waals surface area contributed by atoms with Crippen LogP contribution in [0.25, 0.3) is 0 Å². The lowest BCUT2D eigenvalue weighted by molar-refractivity contribution is 0.141. The van der Waals surface area contributed by atoms with Crippen LogP contribution >= 0.6 is 11.6 Å². The van der Waals surface area contributed by atoms with Crippen LogP contribution in [0.5, 0.6) is 5.75 Å². The van der Waals surface area contributed by atoms with Gasteiger partial charge in [-0.2, -0.15) is 0 Å². The van der Waals surface area contributed by atoms with E-state index in [0.717, 1.165) is 30.2 Å². The Morgan fingerprint density at radius 2 is 1.88 bits per heavy atom. The lowest BCUT2D eigenvalue weighted by Crippen LogP contribution is -2.37. The maximum absolute atomic E-state index is 6.42. The van der Waals surface area contributed by atoms with E-state index in [2.05, 4.69) is 43.9 Å². The summed E-state index contributed by atoms with van der Waals surface area (Å²) < 4.78 is 11.3. The van der Waals surface area contributed by atoms with Crippen LogP contribution in [0.2, 0.25) is 24.7 Å². The number of hydrogen-bond acceptors (Lipinski definition) is 2. The number of rotatable bonds is 5. The van der Waals surface area contributed by atoms with Gasteiger partial charge in [-0.25, -0.2) is 0 Å². The standard InChI is InChI=1S/C20H25ClO2Si/c1-24(2,3)19-8-9-20(21)16(13-19)12-15-4-6-17(7-5-15)23-18-10-11-22-14-18/h4-9,13,18H,10-12,14H2,1-3H3. The van der Waals surface area contributed by atoms with Gasteiger partial charge in [0.1, 0.15) is 11.9 Å². The summed E-state index contributed by atoms with van der Waals surface area (Å²) in [6.07, 6.45) is 2.02. The molecular weight excluding hydrogens is 336 g/mol. The van der Waals surface area contributed by atoms with Crippen LogP contribution in [0, 0.1) is 0 Å². The fourth-order valence-electron chi connectivity index (χ4n) is 2.88. The first-order valence-electron chi connectivity index (χ1n) is 8.54. The number of benzene rings is 2. The van der Waals surface area contributed by atoms with Crippen LogP contribution in [-0.2, 0) is 11.2 Å². The molecule has 0 saturated carbocycles. The van der Waals surface area contributed by atoms with E-state index in [1.54, 1.807) is 0 Å². The van der Waals surface area contributed by atoms with Crippen molar-refractivity contribution in [2.45, 2.75) is 38.6 Å². The van der Waals surface area contributed by atoms with Crippen molar-refractivity contribution < 1.29 is 9.47 Å². The molecule has 1 aliphatic rings. The zero-order chi connectivity index (χ0) is 17.2. The molecule has 0 spiro atoms. The van der Waals surface area contributed by atoms with E-state index < -0.39 is 8.07 Å². The van der Waals surface area contributed by atoms with Crippen molar-refractivity contribution in [3.8, 4) is 5.75 Å². The minimum absolute atomic E-state index is 0.193. The SMILES string of the molecule is C[Si](C)(C)c1ccc(Cl)c(Cc2ccc(OC3CCOC3)cc2)c1. The second-order valence-electron chi connectivity index (χ2n) is 7.48. The van der Waals surface area contributed by atoms with Crippen molar-refractivity contribution in [3.63, 3.8) is 0 Å². The van der Waals surface area contributed by atoms with Crippen LogP contribution in [0.3, 0.4) is 0 Å². The van der Waals surface area contributed by atoms with Crippen molar-refractivity contribution in [3.05, 3.63) is 58.6 Å². The number of hydrogen-bond donors (Lipinski definition) is 0. The highest BCUT2D eigenvalue weighted by Crippen LogP contribution is 2.22. The Morgan fingerprint density at radius 1 is 1.12 bits per heavy atom. The normalized spacial score (nSPS) is 17.9. The van der Waals surface area contributed by atoms with E-state index in [1.165, 1.54) is 16.3 Å². The topological polar surface area (TPSA) is 18.5 Å². The molecule has 4 heteroatoms. The fourth-order valence-corrected chi connectivity index (χ4v) is 4.26. The van der Waals surface area contributed by atoms with Crippen molar-refractivity contribution in [1.82, 2.24) is 0 Å². The molecule has 1 atom stereocenters. The average Bonchev–Trinajstić information content (AvgIpc) is 3.03. The largest absolute Gasteiger partial charge is 0.488 e. The first-order valence-corrected chi connectivity index (χ1v) is 12.4. The number of halogens is 1. The second-order valence-corrected chi connectivity index (χ2v) is 13.0. The molecule has 2 aromatic rings. The van der Waals surface area contributed by atoms with Gasteiger partial charge in [0.2, 0.25) is 0 Å². The van der Waals surface area contributed by atoms with Gasteiger partial charge in [-0.15, -0.1) is 0 Å². The molecule has 0 aliphatic carbocycles. The highest BCUT2D eigenvalue weighted by atomic mass is 35.5. The minimum Gasteiger partial charge on any atom is -0.488 e. The van der Waals surface area contributed by atoms with Gasteiger partial charge in [0.15, 0.2) is 0 Å². The minimum atomic E-state index is -1.33. The smallest absolute Gasteiger partial charge is 0.124 e. The lowest BCUT2D eigenvalue weighted by Gasteiger charge is -2.18. The molecule has 1 fully saturated rings. The first-order chi connectivity index (χ1) is 11.4. The highest BCUT2D eigenvalue weighted by molar-refractivity contribution is 6.88. The summed E-state index contributed by atoms with van der Waals surface area (Å²) in [6.45, 7) is 8.58. The van der Waals surface area contributed by atoms with Gasteiger partial charge in [0.25, 0.3) is 0 Å². The molecule has 24 heavy (non-hydrogen) atoms. The third-order valence-electron chi connectivity index (χ3n) is 4.42. The molecule has 3 rings (SSSR count). The van der Waals surface area contributed by atoms with Crippen LogP contribution in [0.4, 0.5) is 0 Å². The van der Waals surface area contributed by atoms with Gasteiger partial charge in [-0.3, -0.25) is 0 Å². The summed E-state index contributed by atoms with van der Waals surface area (Å²) >= 11 is 6.42. The molecule has 1 unspecified atom stereocenters. The van der Waals surface area contributed by atoms with E-state index in [0.29, 0.717) is 6.61 Å².